The lowest BCUT2D eigenvalue weighted by Crippen LogP contribution is -2.32. The Morgan fingerprint density at radius 3 is 2.44 bits per heavy atom. The molecule has 0 aromatic heterocycles. The molecule has 0 amide bonds. The molecule has 0 aliphatic heterocycles. The quantitative estimate of drug-likeness (QED) is 0.599. The van der Waals surface area contributed by atoms with Gasteiger partial charge in [-0.25, -0.2) is 0 Å². The van der Waals surface area contributed by atoms with E-state index in [2.05, 4.69) is 0 Å². The molecule has 0 aromatic rings. The highest BCUT2D eigenvalue weighted by atomic mass is 32.2. The van der Waals surface area contributed by atoms with E-state index in [1.54, 1.807) is 11.8 Å². The minimum Gasteiger partial charge on any atom is -0.390 e. The van der Waals surface area contributed by atoms with Crippen LogP contribution in [0.15, 0.2) is 0 Å². The Balaban J connectivity index is 2.39. The van der Waals surface area contributed by atoms with Crippen LogP contribution in [0.3, 0.4) is 0 Å². The monoisotopic (exact) mass is 147 g/mol. The number of aliphatic hydroxyl groups excluding tert-OH is 1. The standard InChI is InChI=1S/C6H13NOS/c1-9-6(2-3-6)5(8)4-7/h5,8H,2-4,7H2,1H3. The molecule has 0 aromatic carbocycles. The molecule has 54 valence electrons. The van der Waals surface area contributed by atoms with Gasteiger partial charge in [-0.15, -0.1) is 0 Å². The summed E-state index contributed by atoms with van der Waals surface area (Å²) in [7, 11) is 0. The second-order valence-corrected chi connectivity index (χ2v) is 3.74. The first kappa shape index (κ1) is 7.38. The fourth-order valence-corrected chi connectivity index (χ4v) is 1.89. The largest absolute Gasteiger partial charge is 0.390 e. The zero-order valence-electron chi connectivity index (χ0n) is 5.63. The maximum atomic E-state index is 9.30. The minimum atomic E-state index is -0.285. The average Bonchev–Trinajstić information content (AvgIpc) is 2.66. The van der Waals surface area contributed by atoms with Crippen molar-refractivity contribution in [2.24, 2.45) is 5.73 Å². The summed E-state index contributed by atoms with van der Waals surface area (Å²) in [5.41, 5.74) is 5.31. The van der Waals surface area contributed by atoms with Crippen LogP contribution in [-0.2, 0) is 0 Å². The number of hydrogen-bond acceptors (Lipinski definition) is 3. The number of rotatable bonds is 3. The molecule has 1 unspecified atom stereocenters. The van der Waals surface area contributed by atoms with Gasteiger partial charge in [0.1, 0.15) is 0 Å². The first-order valence-electron chi connectivity index (χ1n) is 3.18. The van der Waals surface area contributed by atoms with E-state index in [4.69, 9.17) is 5.73 Å². The van der Waals surface area contributed by atoms with Crippen molar-refractivity contribution in [1.82, 2.24) is 0 Å². The van der Waals surface area contributed by atoms with E-state index in [9.17, 15) is 5.11 Å². The molecular weight excluding hydrogens is 134 g/mol. The average molecular weight is 147 g/mol. The van der Waals surface area contributed by atoms with Crippen LogP contribution in [0.1, 0.15) is 12.8 Å². The highest BCUT2D eigenvalue weighted by Gasteiger charge is 2.47. The lowest BCUT2D eigenvalue weighted by atomic mass is 10.2. The summed E-state index contributed by atoms with van der Waals surface area (Å²) < 4.78 is 0.148. The van der Waals surface area contributed by atoms with Crippen molar-refractivity contribution in [3.05, 3.63) is 0 Å². The third-order valence-corrected chi connectivity index (χ3v) is 3.47. The summed E-state index contributed by atoms with van der Waals surface area (Å²) >= 11 is 1.74. The normalized spacial score (nSPS) is 25.7. The van der Waals surface area contributed by atoms with Crippen molar-refractivity contribution >= 4 is 11.8 Å². The summed E-state index contributed by atoms with van der Waals surface area (Å²) in [6.07, 6.45) is 4.01. The molecule has 0 bridgehead atoms. The third-order valence-electron chi connectivity index (χ3n) is 1.98. The van der Waals surface area contributed by atoms with Gasteiger partial charge in [0.25, 0.3) is 0 Å². The molecule has 0 radical (unpaired) electrons. The third kappa shape index (κ3) is 1.23. The molecule has 3 heteroatoms. The molecule has 0 saturated heterocycles. The number of thioether (sulfide) groups is 1. The van der Waals surface area contributed by atoms with Gasteiger partial charge in [-0.2, -0.15) is 11.8 Å². The molecule has 3 N–H and O–H groups in total. The molecule has 1 rings (SSSR count). The first-order valence-corrected chi connectivity index (χ1v) is 4.41. The van der Waals surface area contributed by atoms with Gasteiger partial charge in [-0.05, 0) is 19.1 Å². The van der Waals surface area contributed by atoms with Crippen LogP contribution in [-0.4, -0.2) is 28.8 Å². The van der Waals surface area contributed by atoms with Gasteiger partial charge in [-0.1, -0.05) is 0 Å². The summed E-state index contributed by atoms with van der Waals surface area (Å²) in [5.74, 6) is 0. The topological polar surface area (TPSA) is 46.2 Å². The Hall–Kier alpha value is 0.270. The van der Waals surface area contributed by atoms with Crippen LogP contribution < -0.4 is 5.73 Å². The summed E-state index contributed by atoms with van der Waals surface area (Å²) in [6, 6.07) is 0. The van der Waals surface area contributed by atoms with Crippen molar-refractivity contribution < 1.29 is 5.11 Å². The van der Waals surface area contributed by atoms with Crippen molar-refractivity contribution in [1.29, 1.82) is 0 Å². The second kappa shape index (κ2) is 2.48. The van der Waals surface area contributed by atoms with Gasteiger partial charge in [0.15, 0.2) is 0 Å². The maximum Gasteiger partial charge on any atom is 0.0808 e. The Kier molecular flexibility index (Phi) is 2.03. The van der Waals surface area contributed by atoms with E-state index in [1.165, 1.54) is 0 Å². The summed E-state index contributed by atoms with van der Waals surface area (Å²) in [5, 5.41) is 9.30. The number of aliphatic hydroxyl groups is 1. The van der Waals surface area contributed by atoms with Gasteiger partial charge < -0.3 is 10.8 Å². The zero-order chi connectivity index (χ0) is 6.91. The Bertz CT molecular complexity index is 103. The van der Waals surface area contributed by atoms with Gasteiger partial charge in [0.05, 0.1) is 6.10 Å². The van der Waals surface area contributed by atoms with E-state index in [0.29, 0.717) is 6.54 Å². The van der Waals surface area contributed by atoms with Crippen LogP contribution in [0, 0.1) is 0 Å². The lowest BCUT2D eigenvalue weighted by molar-refractivity contribution is 0.172. The van der Waals surface area contributed by atoms with Crippen LogP contribution >= 0.6 is 11.8 Å². The first-order chi connectivity index (χ1) is 4.25. The van der Waals surface area contributed by atoms with Crippen LogP contribution in [0.4, 0.5) is 0 Å². The lowest BCUT2D eigenvalue weighted by Gasteiger charge is -2.17. The summed E-state index contributed by atoms with van der Waals surface area (Å²) in [6.45, 7) is 0.404. The molecule has 0 spiro atoms. The molecule has 9 heavy (non-hydrogen) atoms. The SMILES string of the molecule is CSC1(C(O)CN)CC1. The molecule has 1 aliphatic carbocycles. The fraction of sp³-hybridized carbons (Fsp3) is 1.00. The van der Waals surface area contributed by atoms with E-state index in [1.807, 2.05) is 6.26 Å². The van der Waals surface area contributed by atoms with Crippen molar-refractivity contribution in [3.8, 4) is 0 Å². The van der Waals surface area contributed by atoms with Gasteiger partial charge in [0, 0.05) is 11.3 Å². The zero-order valence-corrected chi connectivity index (χ0v) is 6.45. The van der Waals surface area contributed by atoms with E-state index >= 15 is 0 Å². The number of nitrogens with two attached hydrogens (primary N) is 1. The molecule has 1 atom stereocenters. The highest BCUT2D eigenvalue weighted by Crippen LogP contribution is 2.49. The van der Waals surface area contributed by atoms with Gasteiger partial charge >= 0.3 is 0 Å². The smallest absolute Gasteiger partial charge is 0.0808 e. The molecular formula is C6H13NOS. The van der Waals surface area contributed by atoms with Crippen molar-refractivity contribution in [3.63, 3.8) is 0 Å². The predicted octanol–water partition coefficient (Wildman–Crippen LogP) is 0.202. The molecule has 1 fully saturated rings. The van der Waals surface area contributed by atoms with E-state index in [-0.39, 0.29) is 10.9 Å². The Morgan fingerprint density at radius 1 is 1.78 bits per heavy atom. The maximum absolute atomic E-state index is 9.30. The second-order valence-electron chi connectivity index (χ2n) is 2.52. The van der Waals surface area contributed by atoms with Crippen LogP contribution in [0.5, 0.6) is 0 Å². The summed E-state index contributed by atoms with van der Waals surface area (Å²) in [4.78, 5) is 0. The predicted molar refractivity (Wildman–Crippen MR) is 40.5 cm³/mol. The fourth-order valence-electron chi connectivity index (χ4n) is 1.01. The molecule has 0 heterocycles. The minimum absolute atomic E-state index is 0.148. The number of hydrogen-bond donors (Lipinski definition) is 2. The van der Waals surface area contributed by atoms with Crippen molar-refractivity contribution in [2.75, 3.05) is 12.8 Å². The molecule has 1 saturated carbocycles. The van der Waals surface area contributed by atoms with E-state index in [0.717, 1.165) is 12.8 Å². The van der Waals surface area contributed by atoms with Gasteiger partial charge in [-0.3, -0.25) is 0 Å². The van der Waals surface area contributed by atoms with Gasteiger partial charge in [0.2, 0.25) is 0 Å². The van der Waals surface area contributed by atoms with Crippen molar-refractivity contribution in [2.45, 2.75) is 23.7 Å². The van der Waals surface area contributed by atoms with Crippen LogP contribution in [0.25, 0.3) is 0 Å². The van der Waals surface area contributed by atoms with E-state index < -0.39 is 0 Å². The Morgan fingerprint density at radius 2 is 2.33 bits per heavy atom. The highest BCUT2D eigenvalue weighted by molar-refractivity contribution is 8.00. The molecule has 1 aliphatic rings. The molecule has 2 nitrogen and oxygen atoms in total. The Labute approximate surface area is 59.8 Å². The van der Waals surface area contributed by atoms with Crippen LogP contribution in [0.2, 0.25) is 0 Å².